The highest BCUT2D eigenvalue weighted by molar-refractivity contribution is 5.88. The molecule has 16 heavy (non-hydrogen) atoms. The number of rotatable bonds is 2. The fourth-order valence-corrected chi connectivity index (χ4v) is 1.49. The van der Waals surface area contributed by atoms with Gasteiger partial charge in [-0.3, -0.25) is 9.59 Å². The molecule has 1 aromatic carbocycles. The van der Waals surface area contributed by atoms with Crippen molar-refractivity contribution in [3.8, 4) is 0 Å². The summed E-state index contributed by atoms with van der Waals surface area (Å²) in [4.78, 5) is 22.2. The van der Waals surface area contributed by atoms with E-state index in [0.29, 0.717) is 10.8 Å². The summed E-state index contributed by atoms with van der Waals surface area (Å²) >= 11 is 0. The number of hydrogen-bond acceptors (Lipinski definition) is 4. The summed E-state index contributed by atoms with van der Waals surface area (Å²) in [5.41, 5.74) is 5.26. The number of carboxylic acid groups (broad SMARTS) is 1. The quantitative estimate of drug-likeness (QED) is 0.659. The first-order chi connectivity index (χ1) is 7.61. The maximum atomic E-state index is 11.4. The molecule has 0 aliphatic heterocycles. The van der Waals surface area contributed by atoms with Crippen LogP contribution >= 0.6 is 0 Å². The lowest BCUT2D eigenvalue weighted by atomic mass is 10.1. The van der Waals surface area contributed by atoms with Crippen LogP contribution in [0.1, 0.15) is 11.7 Å². The maximum Gasteiger partial charge on any atom is 0.326 e. The van der Waals surface area contributed by atoms with Gasteiger partial charge in [0.05, 0.1) is 11.1 Å². The van der Waals surface area contributed by atoms with Crippen molar-refractivity contribution in [3.63, 3.8) is 0 Å². The lowest BCUT2D eigenvalue weighted by Crippen LogP contribution is -2.24. The second-order valence-corrected chi connectivity index (χ2v) is 3.30. The molecular weight excluding hydrogens is 210 g/mol. The number of nitrogens with zero attached hydrogens (tertiary/aromatic N) is 1. The van der Waals surface area contributed by atoms with Crippen molar-refractivity contribution in [2.24, 2.45) is 5.73 Å². The van der Waals surface area contributed by atoms with Crippen molar-refractivity contribution in [2.45, 2.75) is 6.04 Å². The minimum atomic E-state index is -1.25. The number of nitrogens with two attached hydrogens (primary N) is 1. The number of aliphatic carboxylic acids is 1. The minimum Gasteiger partial charge on any atom is -0.480 e. The zero-order valence-electron chi connectivity index (χ0n) is 8.18. The molecule has 0 aliphatic rings. The summed E-state index contributed by atoms with van der Waals surface area (Å²) in [6.07, 6.45) is 0. The van der Waals surface area contributed by atoms with Gasteiger partial charge >= 0.3 is 5.97 Å². The van der Waals surface area contributed by atoms with E-state index < -0.39 is 12.0 Å². The van der Waals surface area contributed by atoms with Gasteiger partial charge in [-0.05, 0) is 6.07 Å². The third-order valence-corrected chi connectivity index (χ3v) is 2.29. The molecule has 4 N–H and O–H groups in total. The van der Waals surface area contributed by atoms with Crippen LogP contribution in [0.5, 0.6) is 0 Å². The molecule has 6 heteroatoms. The van der Waals surface area contributed by atoms with Crippen LogP contribution in [0.25, 0.3) is 10.8 Å². The smallest absolute Gasteiger partial charge is 0.326 e. The summed E-state index contributed by atoms with van der Waals surface area (Å²) in [5, 5.41) is 15.6. The molecule has 1 unspecified atom stereocenters. The molecule has 0 bridgehead atoms. The molecule has 1 aromatic heterocycles. The van der Waals surface area contributed by atoms with E-state index in [0.717, 1.165) is 0 Å². The Morgan fingerprint density at radius 3 is 2.62 bits per heavy atom. The van der Waals surface area contributed by atoms with E-state index in [-0.39, 0.29) is 11.3 Å². The number of aromatic amines is 1. The Morgan fingerprint density at radius 2 is 2.00 bits per heavy atom. The van der Waals surface area contributed by atoms with E-state index in [1.807, 2.05) is 0 Å². The summed E-state index contributed by atoms with van der Waals surface area (Å²) in [5.74, 6) is -1.19. The first kappa shape index (κ1) is 10.3. The van der Waals surface area contributed by atoms with Crippen LogP contribution in [0.2, 0.25) is 0 Å². The van der Waals surface area contributed by atoms with Crippen molar-refractivity contribution >= 4 is 16.7 Å². The molecule has 0 radical (unpaired) electrons. The maximum absolute atomic E-state index is 11.4. The fourth-order valence-electron chi connectivity index (χ4n) is 1.49. The molecule has 0 saturated carbocycles. The molecule has 6 nitrogen and oxygen atoms in total. The van der Waals surface area contributed by atoms with Gasteiger partial charge in [0.2, 0.25) is 0 Å². The summed E-state index contributed by atoms with van der Waals surface area (Å²) in [6.45, 7) is 0. The largest absolute Gasteiger partial charge is 0.480 e. The van der Waals surface area contributed by atoms with Gasteiger partial charge in [-0.15, -0.1) is 0 Å². The molecule has 0 spiro atoms. The van der Waals surface area contributed by atoms with E-state index in [9.17, 15) is 9.59 Å². The zero-order valence-corrected chi connectivity index (χ0v) is 8.18. The Labute approximate surface area is 89.7 Å². The topological polar surface area (TPSA) is 109 Å². The molecule has 82 valence electrons. The molecule has 1 heterocycles. The van der Waals surface area contributed by atoms with Crippen LogP contribution in [-0.2, 0) is 4.79 Å². The number of carbonyl (C=O) groups is 1. The van der Waals surface area contributed by atoms with Crippen LogP contribution in [-0.4, -0.2) is 21.3 Å². The fraction of sp³-hybridized carbons (Fsp3) is 0.100. The highest BCUT2D eigenvalue weighted by Crippen LogP contribution is 2.17. The average Bonchev–Trinajstić information content (AvgIpc) is 2.29. The van der Waals surface area contributed by atoms with Crippen LogP contribution in [0.4, 0.5) is 0 Å². The molecule has 2 aromatic rings. The van der Waals surface area contributed by atoms with E-state index in [1.165, 1.54) is 0 Å². The van der Waals surface area contributed by atoms with Crippen LogP contribution in [0.3, 0.4) is 0 Å². The van der Waals surface area contributed by atoms with Gasteiger partial charge in [-0.25, -0.2) is 5.10 Å². The minimum absolute atomic E-state index is 0.155. The highest BCUT2D eigenvalue weighted by Gasteiger charge is 2.19. The number of fused-ring (bicyclic) bond motifs is 1. The third-order valence-electron chi connectivity index (χ3n) is 2.29. The number of H-pyrrole nitrogens is 1. The van der Waals surface area contributed by atoms with Crippen molar-refractivity contribution in [1.29, 1.82) is 0 Å². The molecular formula is C10H9N3O3. The van der Waals surface area contributed by atoms with E-state index in [4.69, 9.17) is 10.8 Å². The SMILES string of the molecule is NC(C(=O)O)c1n[nH]c(=O)c2ccccc12. The number of nitrogens with one attached hydrogen (secondary N) is 1. The third kappa shape index (κ3) is 1.55. The molecule has 0 saturated heterocycles. The second kappa shape index (κ2) is 3.74. The van der Waals surface area contributed by atoms with Gasteiger partial charge in [-0.2, -0.15) is 5.10 Å². The highest BCUT2D eigenvalue weighted by atomic mass is 16.4. The average molecular weight is 219 g/mol. The lowest BCUT2D eigenvalue weighted by Gasteiger charge is -2.07. The van der Waals surface area contributed by atoms with E-state index in [1.54, 1.807) is 24.3 Å². The number of aromatic nitrogens is 2. The van der Waals surface area contributed by atoms with E-state index >= 15 is 0 Å². The first-order valence-corrected chi connectivity index (χ1v) is 4.57. The number of benzene rings is 1. The normalized spacial score (nSPS) is 12.6. The monoisotopic (exact) mass is 219 g/mol. The number of carboxylic acids is 1. The van der Waals surface area contributed by atoms with Gasteiger partial charge in [0, 0.05) is 5.39 Å². The molecule has 1 atom stereocenters. The second-order valence-electron chi connectivity index (χ2n) is 3.30. The van der Waals surface area contributed by atoms with Crippen molar-refractivity contribution in [1.82, 2.24) is 10.2 Å². The van der Waals surface area contributed by atoms with Crippen molar-refractivity contribution in [3.05, 3.63) is 40.3 Å². The molecule has 0 aliphatic carbocycles. The summed E-state index contributed by atoms with van der Waals surface area (Å²) < 4.78 is 0. The Balaban J connectivity index is 2.77. The molecule has 2 rings (SSSR count). The van der Waals surface area contributed by atoms with Crippen LogP contribution < -0.4 is 11.3 Å². The van der Waals surface area contributed by atoms with Gasteiger partial charge in [0.1, 0.15) is 6.04 Å². The van der Waals surface area contributed by atoms with Crippen LogP contribution in [0.15, 0.2) is 29.1 Å². The summed E-state index contributed by atoms with van der Waals surface area (Å²) in [7, 11) is 0. The lowest BCUT2D eigenvalue weighted by molar-refractivity contribution is -0.138. The van der Waals surface area contributed by atoms with Gasteiger partial charge in [0.15, 0.2) is 0 Å². The summed E-state index contributed by atoms with van der Waals surface area (Å²) in [6, 6.07) is 5.35. The van der Waals surface area contributed by atoms with Crippen LogP contribution in [0, 0.1) is 0 Å². The predicted molar refractivity (Wildman–Crippen MR) is 56.9 cm³/mol. The molecule has 0 fully saturated rings. The Kier molecular flexibility index (Phi) is 2.41. The Bertz CT molecular complexity index is 606. The van der Waals surface area contributed by atoms with Gasteiger partial charge in [-0.1, -0.05) is 18.2 Å². The van der Waals surface area contributed by atoms with Gasteiger partial charge in [0.25, 0.3) is 5.56 Å². The van der Waals surface area contributed by atoms with E-state index in [2.05, 4.69) is 10.2 Å². The number of hydrogen-bond donors (Lipinski definition) is 3. The van der Waals surface area contributed by atoms with Crippen molar-refractivity contribution in [2.75, 3.05) is 0 Å². The van der Waals surface area contributed by atoms with Crippen molar-refractivity contribution < 1.29 is 9.90 Å². The molecule has 0 amide bonds. The first-order valence-electron chi connectivity index (χ1n) is 4.57. The van der Waals surface area contributed by atoms with Gasteiger partial charge < -0.3 is 10.8 Å². The predicted octanol–water partition coefficient (Wildman–Crippen LogP) is 0.00750. The standard InChI is InChI=1S/C10H9N3O3/c11-7(10(15)16)8-5-3-1-2-4-6(5)9(14)13-12-8/h1-4,7H,11H2,(H,13,14)(H,15,16). The Morgan fingerprint density at radius 1 is 1.38 bits per heavy atom. The Hall–Kier alpha value is -2.21. The zero-order chi connectivity index (χ0) is 11.7.